The molecule has 5 heteroatoms. The Bertz CT molecular complexity index is 353. The van der Waals surface area contributed by atoms with Gasteiger partial charge >= 0.3 is 0 Å². The molecule has 1 aliphatic rings. The van der Waals surface area contributed by atoms with Gasteiger partial charge in [0.05, 0.1) is 0 Å². The fraction of sp³-hybridized carbons (Fsp3) is 0.667. The highest BCUT2D eigenvalue weighted by Crippen LogP contribution is 2.14. The third-order valence-electron chi connectivity index (χ3n) is 3.40. The molecule has 0 aliphatic carbocycles. The van der Waals surface area contributed by atoms with Gasteiger partial charge in [0.2, 0.25) is 5.91 Å². The average molecular weight is 236 g/mol. The predicted octanol–water partition coefficient (Wildman–Crippen LogP) is 0.436. The number of hydrogen-bond acceptors (Lipinski definition) is 3. The van der Waals surface area contributed by atoms with Crippen LogP contribution in [-0.2, 0) is 11.3 Å². The van der Waals surface area contributed by atoms with Gasteiger partial charge in [0, 0.05) is 31.5 Å². The van der Waals surface area contributed by atoms with Crippen LogP contribution in [0.25, 0.3) is 0 Å². The second kappa shape index (κ2) is 5.31. The molecule has 0 N–H and O–H groups in total. The molecule has 0 saturated carbocycles. The van der Waals surface area contributed by atoms with Crippen LogP contribution in [0, 0.1) is 0 Å². The van der Waals surface area contributed by atoms with Gasteiger partial charge in [-0.15, -0.1) is 0 Å². The van der Waals surface area contributed by atoms with Gasteiger partial charge in [-0.2, -0.15) is 5.10 Å². The molecule has 1 amide bonds. The van der Waals surface area contributed by atoms with E-state index < -0.39 is 0 Å². The van der Waals surface area contributed by atoms with Crippen molar-refractivity contribution in [3.63, 3.8) is 0 Å². The van der Waals surface area contributed by atoms with Crippen LogP contribution in [0.2, 0.25) is 0 Å². The van der Waals surface area contributed by atoms with E-state index >= 15 is 0 Å². The number of aromatic nitrogens is 2. The van der Waals surface area contributed by atoms with Crippen molar-refractivity contribution in [1.29, 1.82) is 0 Å². The fourth-order valence-electron chi connectivity index (χ4n) is 2.26. The first kappa shape index (κ1) is 12.1. The van der Waals surface area contributed by atoms with Crippen LogP contribution in [0.1, 0.15) is 12.8 Å². The maximum absolute atomic E-state index is 12.0. The summed E-state index contributed by atoms with van der Waals surface area (Å²) in [6.07, 6.45) is 5.66. The molecular weight excluding hydrogens is 216 g/mol. The molecule has 2 rings (SSSR count). The summed E-state index contributed by atoms with van der Waals surface area (Å²) < 4.78 is 1.68. The predicted molar refractivity (Wildman–Crippen MR) is 65.5 cm³/mol. The van der Waals surface area contributed by atoms with E-state index in [9.17, 15) is 4.79 Å². The molecule has 0 atom stereocenters. The number of carbonyl (C=O) groups is 1. The molecule has 17 heavy (non-hydrogen) atoms. The van der Waals surface area contributed by atoms with Crippen LogP contribution in [0.3, 0.4) is 0 Å². The summed E-state index contributed by atoms with van der Waals surface area (Å²) in [6, 6.07) is 2.45. The molecule has 1 aliphatic heterocycles. The number of rotatable bonds is 3. The lowest BCUT2D eigenvalue weighted by atomic mass is 10.0. The van der Waals surface area contributed by atoms with E-state index in [1.807, 2.05) is 17.2 Å². The molecular formula is C12H20N4O. The normalized spacial score (nSPS) is 17.7. The van der Waals surface area contributed by atoms with E-state index in [-0.39, 0.29) is 5.91 Å². The van der Waals surface area contributed by atoms with Crippen molar-refractivity contribution in [3.8, 4) is 0 Å². The minimum atomic E-state index is 0.172. The van der Waals surface area contributed by atoms with Gasteiger partial charge < -0.3 is 9.80 Å². The number of nitrogens with zero attached hydrogens (tertiary/aromatic N) is 4. The van der Waals surface area contributed by atoms with E-state index in [1.54, 1.807) is 10.9 Å². The molecule has 2 heterocycles. The van der Waals surface area contributed by atoms with Gasteiger partial charge in [-0.25, -0.2) is 0 Å². The van der Waals surface area contributed by atoms with Crippen LogP contribution in [0.5, 0.6) is 0 Å². The minimum absolute atomic E-state index is 0.172. The molecule has 0 unspecified atom stereocenters. The largest absolute Gasteiger partial charge is 0.341 e. The molecule has 0 spiro atoms. The van der Waals surface area contributed by atoms with E-state index in [0.29, 0.717) is 12.6 Å². The van der Waals surface area contributed by atoms with Crippen molar-refractivity contribution in [2.75, 3.05) is 27.2 Å². The van der Waals surface area contributed by atoms with Crippen molar-refractivity contribution in [2.45, 2.75) is 25.4 Å². The maximum Gasteiger partial charge on any atom is 0.244 e. The Kier molecular flexibility index (Phi) is 3.78. The first-order valence-electron chi connectivity index (χ1n) is 6.08. The first-order chi connectivity index (χ1) is 8.16. The lowest BCUT2D eigenvalue weighted by molar-refractivity contribution is -0.133. The van der Waals surface area contributed by atoms with E-state index in [1.165, 1.54) is 0 Å². The van der Waals surface area contributed by atoms with Crippen molar-refractivity contribution in [2.24, 2.45) is 0 Å². The van der Waals surface area contributed by atoms with Gasteiger partial charge in [0.1, 0.15) is 6.54 Å². The molecule has 0 bridgehead atoms. The van der Waals surface area contributed by atoms with Gasteiger partial charge in [-0.05, 0) is 33.0 Å². The number of carbonyl (C=O) groups excluding carboxylic acids is 1. The highest BCUT2D eigenvalue weighted by Gasteiger charge is 2.23. The highest BCUT2D eigenvalue weighted by molar-refractivity contribution is 5.76. The van der Waals surface area contributed by atoms with Crippen LogP contribution in [-0.4, -0.2) is 58.7 Å². The molecule has 5 nitrogen and oxygen atoms in total. The SMILES string of the molecule is CN(C)C1CCN(C(=O)Cn2cccn2)CC1. The van der Waals surface area contributed by atoms with Gasteiger partial charge in [0.25, 0.3) is 0 Å². The number of piperidine rings is 1. The first-order valence-corrected chi connectivity index (χ1v) is 6.08. The average Bonchev–Trinajstić information content (AvgIpc) is 2.82. The lowest BCUT2D eigenvalue weighted by Gasteiger charge is -2.35. The molecule has 0 aromatic carbocycles. The number of hydrogen-bond donors (Lipinski definition) is 0. The van der Waals surface area contributed by atoms with Crippen molar-refractivity contribution >= 4 is 5.91 Å². The third-order valence-corrected chi connectivity index (χ3v) is 3.40. The molecule has 1 aromatic heterocycles. The second-order valence-electron chi connectivity index (χ2n) is 4.78. The summed E-state index contributed by atoms with van der Waals surface area (Å²) in [5, 5.41) is 4.06. The molecule has 1 saturated heterocycles. The Labute approximate surface area is 102 Å². The van der Waals surface area contributed by atoms with Crippen LogP contribution in [0.4, 0.5) is 0 Å². The number of amides is 1. The Hall–Kier alpha value is -1.36. The summed E-state index contributed by atoms with van der Waals surface area (Å²) in [5.74, 6) is 0.172. The smallest absolute Gasteiger partial charge is 0.244 e. The summed E-state index contributed by atoms with van der Waals surface area (Å²) >= 11 is 0. The van der Waals surface area contributed by atoms with E-state index in [4.69, 9.17) is 0 Å². The van der Waals surface area contributed by atoms with Crippen molar-refractivity contribution in [1.82, 2.24) is 19.6 Å². The minimum Gasteiger partial charge on any atom is -0.341 e. The topological polar surface area (TPSA) is 41.4 Å². The highest BCUT2D eigenvalue weighted by atomic mass is 16.2. The maximum atomic E-state index is 12.0. The van der Waals surface area contributed by atoms with Gasteiger partial charge in [-0.1, -0.05) is 0 Å². The summed E-state index contributed by atoms with van der Waals surface area (Å²) in [6.45, 7) is 2.09. The molecule has 94 valence electrons. The summed E-state index contributed by atoms with van der Waals surface area (Å²) in [4.78, 5) is 16.2. The molecule has 1 fully saturated rings. The van der Waals surface area contributed by atoms with E-state index in [0.717, 1.165) is 25.9 Å². The quantitative estimate of drug-likeness (QED) is 0.764. The molecule has 0 radical (unpaired) electrons. The monoisotopic (exact) mass is 236 g/mol. The Balaban J connectivity index is 1.82. The zero-order valence-electron chi connectivity index (χ0n) is 10.5. The fourth-order valence-corrected chi connectivity index (χ4v) is 2.26. The Morgan fingerprint density at radius 2 is 2.12 bits per heavy atom. The van der Waals surface area contributed by atoms with Crippen LogP contribution >= 0.6 is 0 Å². The summed E-state index contributed by atoms with van der Waals surface area (Å²) in [5.41, 5.74) is 0. The third kappa shape index (κ3) is 3.06. The zero-order chi connectivity index (χ0) is 12.3. The Morgan fingerprint density at radius 1 is 1.41 bits per heavy atom. The van der Waals surface area contributed by atoms with E-state index in [2.05, 4.69) is 24.1 Å². The summed E-state index contributed by atoms with van der Waals surface area (Å²) in [7, 11) is 4.21. The van der Waals surface area contributed by atoms with Crippen molar-refractivity contribution in [3.05, 3.63) is 18.5 Å². The van der Waals surface area contributed by atoms with Gasteiger partial charge in [-0.3, -0.25) is 9.48 Å². The van der Waals surface area contributed by atoms with Crippen LogP contribution < -0.4 is 0 Å². The Morgan fingerprint density at radius 3 is 2.65 bits per heavy atom. The lowest BCUT2D eigenvalue weighted by Crippen LogP contribution is -2.45. The zero-order valence-corrected chi connectivity index (χ0v) is 10.5. The standard InChI is InChI=1S/C12H20N4O/c1-14(2)11-4-8-15(9-5-11)12(17)10-16-7-3-6-13-16/h3,6-7,11H,4-5,8-10H2,1-2H3. The van der Waals surface area contributed by atoms with Gasteiger partial charge in [0.15, 0.2) is 0 Å². The molecule has 1 aromatic rings. The van der Waals surface area contributed by atoms with Crippen LogP contribution in [0.15, 0.2) is 18.5 Å². The van der Waals surface area contributed by atoms with Crippen molar-refractivity contribution < 1.29 is 4.79 Å². The second-order valence-corrected chi connectivity index (χ2v) is 4.78. The number of likely N-dealkylation sites (tertiary alicyclic amines) is 1.